The van der Waals surface area contributed by atoms with Crippen molar-refractivity contribution in [3.63, 3.8) is 0 Å². The number of benzene rings is 1. The van der Waals surface area contributed by atoms with Crippen molar-refractivity contribution < 1.29 is 9.59 Å². The third-order valence-corrected chi connectivity index (χ3v) is 5.25. The zero-order valence-electron chi connectivity index (χ0n) is 13.6. The highest BCUT2D eigenvalue weighted by molar-refractivity contribution is 5.78. The Balaban J connectivity index is 1.47. The average molecular weight is 315 g/mol. The lowest BCUT2D eigenvalue weighted by molar-refractivity contribution is -0.123. The van der Waals surface area contributed by atoms with Crippen molar-refractivity contribution >= 4 is 11.9 Å². The van der Waals surface area contributed by atoms with Gasteiger partial charge >= 0.3 is 6.03 Å². The molecule has 3 rings (SSSR count). The van der Waals surface area contributed by atoms with E-state index < -0.39 is 0 Å². The number of hydrogen-bond acceptors (Lipinski definition) is 2. The Morgan fingerprint density at radius 3 is 2.48 bits per heavy atom. The number of carbonyl (C=O) groups is 2. The van der Waals surface area contributed by atoms with Gasteiger partial charge in [-0.15, -0.1) is 0 Å². The minimum Gasteiger partial charge on any atom is -0.369 e. The molecule has 0 radical (unpaired) electrons. The lowest BCUT2D eigenvalue weighted by Gasteiger charge is -2.31. The minimum absolute atomic E-state index is 0.0147. The summed E-state index contributed by atoms with van der Waals surface area (Å²) in [6, 6.07) is 10.6. The minimum atomic E-state index is -0.248. The number of likely N-dealkylation sites (tertiary alicyclic amines) is 1. The van der Waals surface area contributed by atoms with Gasteiger partial charge in [0, 0.05) is 25.0 Å². The lowest BCUT2D eigenvalue weighted by Crippen LogP contribution is -2.49. The van der Waals surface area contributed by atoms with E-state index in [0.29, 0.717) is 37.8 Å². The molecule has 0 bridgehead atoms. The van der Waals surface area contributed by atoms with Gasteiger partial charge in [0.1, 0.15) is 0 Å². The molecular weight excluding hydrogens is 290 g/mol. The van der Waals surface area contributed by atoms with Crippen molar-refractivity contribution in [2.45, 2.75) is 38.1 Å². The topological polar surface area (TPSA) is 75.4 Å². The van der Waals surface area contributed by atoms with E-state index in [1.54, 1.807) is 4.90 Å². The molecule has 5 heteroatoms. The van der Waals surface area contributed by atoms with Crippen LogP contribution in [0.1, 0.15) is 37.7 Å². The molecular formula is C18H25N3O2. The molecule has 0 spiro atoms. The molecule has 1 aromatic carbocycles. The number of rotatable bonds is 4. The van der Waals surface area contributed by atoms with Crippen LogP contribution in [0.25, 0.3) is 0 Å². The van der Waals surface area contributed by atoms with Gasteiger partial charge in [0.2, 0.25) is 5.91 Å². The number of nitrogens with zero attached hydrogens (tertiary/aromatic N) is 1. The van der Waals surface area contributed by atoms with Crippen LogP contribution in [0.2, 0.25) is 0 Å². The molecule has 5 nitrogen and oxygen atoms in total. The number of urea groups is 1. The Morgan fingerprint density at radius 2 is 1.87 bits per heavy atom. The summed E-state index contributed by atoms with van der Waals surface area (Å²) in [4.78, 5) is 25.3. The van der Waals surface area contributed by atoms with Crippen molar-refractivity contribution in [1.82, 2.24) is 10.2 Å². The monoisotopic (exact) mass is 315 g/mol. The molecule has 1 aromatic rings. The maximum atomic E-state index is 12.4. The van der Waals surface area contributed by atoms with Crippen LogP contribution in [0.5, 0.6) is 0 Å². The van der Waals surface area contributed by atoms with E-state index in [4.69, 9.17) is 5.73 Å². The summed E-state index contributed by atoms with van der Waals surface area (Å²) >= 11 is 0. The summed E-state index contributed by atoms with van der Waals surface area (Å²) in [5, 5.41) is 3.13. The molecule has 2 fully saturated rings. The highest BCUT2D eigenvalue weighted by Crippen LogP contribution is 2.49. The zero-order chi connectivity index (χ0) is 16.4. The van der Waals surface area contributed by atoms with Gasteiger partial charge in [-0.05, 0) is 43.6 Å². The Labute approximate surface area is 137 Å². The molecule has 3 amide bonds. The number of amides is 3. The Hall–Kier alpha value is -2.04. The average Bonchev–Trinajstić information content (AvgIpc) is 3.36. The summed E-state index contributed by atoms with van der Waals surface area (Å²) in [6.07, 6.45) is 2.48. The van der Waals surface area contributed by atoms with Crippen LogP contribution in [0, 0.1) is 11.8 Å². The Kier molecular flexibility index (Phi) is 4.55. The first kappa shape index (κ1) is 15.8. The summed E-state index contributed by atoms with van der Waals surface area (Å²) < 4.78 is 0. The number of hydrogen-bond donors (Lipinski definition) is 2. The molecule has 3 atom stereocenters. The predicted molar refractivity (Wildman–Crippen MR) is 88.8 cm³/mol. The van der Waals surface area contributed by atoms with Crippen LogP contribution in [-0.4, -0.2) is 36.0 Å². The summed E-state index contributed by atoms with van der Waals surface area (Å²) in [7, 11) is 0. The van der Waals surface area contributed by atoms with Gasteiger partial charge in [-0.25, -0.2) is 4.79 Å². The van der Waals surface area contributed by atoms with E-state index in [0.717, 1.165) is 6.42 Å². The van der Waals surface area contributed by atoms with Crippen LogP contribution < -0.4 is 11.1 Å². The van der Waals surface area contributed by atoms with Gasteiger partial charge in [0.15, 0.2) is 0 Å². The summed E-state index contributed by atoms with van der Waals surface area (Å²) in [6.45, 7) is 3.31. The molecule has 1 heterocycles. The normalized spacial score (nSPS) is 25.7. The molecule has 1 aliphatic heterocycles. The number of nitrogens with one attached hydrogen (secondary N) is 1. The quantitative estimate of drug-likeness (QED) is 0.892. The SMILES string of the molecule is C[C@H](NC(=O)N1CCC(C(N)=O)CC1)[C@@H]1C[C@H]1c1ccccc1. The first-order valence-corrected chi connectivity index (χ1v) is 8.46. The van der Waals surface area contributed by atoms with Crippen LogP contribution in [0.3, 0.4) is 0 Å². The highest BCUT2D eigenvalue weighted by atomic mass is 16.2. The summed E-state index contributed by atoms with van der Waals surface area (Å²) in [5.74, 6) is 0.751. The fourth-order valence-electron chi connectivity index (χ4n) is 3.61. The fraction of sp³-hybridized carbons (Fsp3) is 0.556. The first-order chi connectivity index (χ1) is 11.1. The maximum Gasteiger partial charge on any atom is 0.317 e. The maximum absolute atomic E-state index is 12.4. The second-order valence-corrected chi connectivity index (χ2v) is 6.82. The molecule has 0 aromatic heterocycles. The van der Waals surface area contributed by atoms with Gasteiger partial charge in [-0.2, -0.15) is 0 Å². The van der Waals surface area contributed by atoms with E-state index in [1.165, 1.54) is 5.56 Å². The van der Waals surface area contributed by atoms with Crippen molar-refractivity contribution in [3.05, 3.63) is 35.9 Å². The standard InChI is InChI=1S/C18H25N3O2/c1-12(15-11-16(15)13-5-3-2-4-6-13)20-18(23)21-9-7-14(8-10-21)17(19)22/h2-6,12,14-16H,7-11H2,1H3,(H2,19,22)(H,20,23)/t12-,15-,16-/m0/s1. The van der Waals surface area contributed by atoms with E-state index in [1.807, 2.05) is 6.07 Å². The third kappa shape index (κ3) is 3.66. The van der Waals surface area contributed by atoms with Gasteiger partial charge in [-0.3, -0.25) is 4.79 Å². The van der Waals surface area contributed by atoms with Crippen LogP contribution in [0.15, 0.2) is 30.3 Å². The second kappa shape index (κ2) is 6.60. The van der Waals surface area contributed by atoms with E-state index in [9.17, 15) is 9.59 Å². The zero-order valence-corrected chi connectivity index (χ0v) is 13.6. The van der Waals surface area contributed by atoms with E-state index in [-0.39, 0.29) is 23.9 Å². The first-order valence-electron chi connectivity index (χ1n) is 8.46. The molecule has 1 saturated heterocycles. The van der Waals surface area contributed by atoms with Gasteiger partial charge in [0.05, 0.1) is 0 Å². The smallest absolute Gasteiger partial charge is 0.317 e. The predicted octanol–water partition coefficient (Wildman–Crippen LogP) is 2.09. The van der Waals surface area contributed by atoms with Crippen molar-refractivity contribution in [2.75, 3.05) is 13.1 Å². The molecule has 0 unspecified atom stereocenters. The van der Waals surface area contributed by atoms with Crippen LogP contribution in [0.4, 0.5) is 4.79 Å². The Bertz CT molecular complexity index is 567. The number of carbonyl (C=O) groups excluding carboxylic acids is 2. The number of nitrogens with two attached hydrogens (primary N) is 1. The van der Waals surface area contributed by atoms with Crippen LogP contribution >= 0.6 is 0 Å². The molecule has 1 saturated carbocycles. The van der Waals surface area contributed by atoms with Gasteiger partial charge in [0.25, 0.3) is 0 Å². The van der Waals surface area contributed by atoms with E-state index in [2.05, 4.69) is 36.5 Å². The highest BCUT2D eigenvalue weighted by Gasteiger charge is 2.42. The molecule has 124 valence electrons. The van der Waals surface area contributed by atoms with Crippen molar-refractivity contribution in [3.8, 4) is 0 Å². The van der Waals surface area contributed by atoms with Crippen molar-refractivity contribution in [1.29, 1.82) is 0 Å². The van der Waals surface area contributed by atoms with Crippen molar-refractivity contribution in [2.24, 2.45) is 17.6 Å². The largest absolute Gasteiger partial charge is 0.369 e. The lowest BCUT2D eigenvalue weighted by atomic mass is 9.96. The van der Waals surface area contributed by atoms with E-state index >= 15 is 0 Å². The summed E-state index contributed by atoms with van der Waals surface area (Å²) in [5.41, 5.74) is 6.69. The third-order valence-electron chi connectivity index (χ3n) is 5.25. The number of piperidine rings is 1. The van der Waals surface area contributed by atoms with Crippen LogP contribution in [-0.2, 0) is 4.79 Å². The number of primary amides is 1. The molecule has 1 aliphatic carbocycles. The molecule has 23 heavy (non-hydrogen) atoms. The second-order valence-electron chi connectivity index (χ2n) is 6.82. The Morgan fingerprint density at radius 1 is 1.22 bits per heavy atom. The molecule has 2 aliphatic rings. The van der Waals surface area contributed by atoms with Gasteiger partial charge in [-0.1, -0.05) is 30.3 Å². The van der Waals surface area contributed by atoms with Gasteiger partial charge < -0.3 is 16.0 Å². The molecule has 3 N–H and O–H groups in total. The fourth-order valence-corrected chi connectivity index (χ4v) is 3.61.